The highest BCUT2D eigenvalue weighted by Gasteiger charge is 2.16. The Morgan fingerprint density at radius 2 is 1.93 bits per heavy atom. The Kier molecular flexibility index (Phi) is 2.36. The molecule has 4 heteroatoms. The molecule has 0 aliphatic rings. The molecule has 0 bridgehead atoms. The Hall–Kier alpha value is -1.55. The van der Waals surface area contributed by atoms with Crippen LogP contribution in [0.2, 0.25) is 0 Å². The fourth-order valence-electron chi connectivity index (χ4n) is 1.52. The van der Waals surface area contributed by atoms with E-state index in [1.807, 2.05) is 0 Å². The lowest BCUT2D eigenvalue weighted by Crippen LogP contribution is -1.99. The Labute approximate surface area is 94.1 Å². The smallest absolute Gasteiger partial charge is 0.337 e. The van der Waals surface area contributed by atoms with Crippen LogP contribution in [0.5, 0.6) is 5.75 Å². The van der Waals surface area contributed by atoms with Gasteiger partial charge in [-0.3, -0.25) is 0 Å². The van der Waals surface area contributed by atoms with Gasteiger partial charge in [0.05, 0.1) is 10.0 Å². The van der Waals surface area contributed by atoms with Gasteiger partial charge in [0.15, 0.2) is 0 Å². The van der Waals surface area contributed by atoms with Crippen molar-refractivity contribution in [1.29, 1.82) is 0 Å². The lowest BCUT2D eigenvalue weighted by atomic mass is 10.0. The average molecular weight is 267 g/mol. The van der Waals surface area contributed by atoms with E-state index in [0.717, 1.165) is 0 Å². The first-order valence-corrected chi connectivity index (χ1v) is 5.04. The standard InChI is InChI=1S/C11H7BrO3/c12-10-8(13)5-6-3-1-2-4-7(6)9(10)11(14)15/h1-5,13H,(H,14,15). The van der Waals surface area contributed by atoms with Crippen molar-refractivity contribution in [3.63, 3.8) is 0 Å². The van der Waals surface area contributed by atoms with Gasteiger partial charge in [-0.15, -0.1) is 0 Å². The molecule has 0 aliphatic heterocycles. The third kappa shape index (κ3) is 1.57. The molecule has 3 nitrogen and oxygen atoms in total. The van der Waals surface area contributed by atoms with Crippen LogP contribution in [0.25, 0.3) is 10.8 Å². The van der Waals surface area contributed by atoms with E-state index in [2.05, 4.69) is 15.9 Å². The van der Waals surface area contributed by atoms with Gasteiger partial charge >= 0.3 is 5.97 Å². The molecule has 0 fully saturated rings. The highest BCUT2D eigenvalue weighted by atomic mass is 79.9. The van der Waals surface area contributed by atoms with Crippen LogP contribution in [0.15, 0.2) is 34.8 Å². The van der Waals surface area contributed by atoms with Crippen LogP contribution in [0.4, 0.5) is 0 Å². The van der Waals surface area contributed by atoms with Gasteiger partial charge in [-0.1, -0.05) is 24.3 Å². The molecule has 2 aromatic carbocycles. The molecule has 0 heterocycles. The van der Waals surface area contributed by atoms with Crippen LogP contribution < -0.4 is 0 Å². The number of rotatable bonds is 1. The number of aromatic hydroxyl groups is 1. The number of halogens is 1. The van der Waals surface area contributed by atoms with E-state index in [4.69, 9.17) is 5.11 Å². The number of hydrogen-bond acceptors (Lipinski definition) is 2. The molecular formula is C11H7BrO3. The number of benzene rings is 2. The second-order valence-electron chi connectivity index (χ2n) is 3.11. The number of carboxylic acids is 1. The minimum Gasteiger partial charge on any atom is -0.507 e. The van der Waals surface area contributed by atoms with E-state index in [-0.39, 0.29) is 15.8 Å². The normalized spacial score (nSPS) is 10.5. The van der Waals surface area contributed by atoms with E-state index >= 15 is 0 Å². The molecule has 0 unspecified atom stereocenters. The first kappa shape index (κ1) is 9.98. The fraction of sp³-hybridized carbons (Fsp3) is 0. The fourth-order valence-corrected chi connectivity index (χ4v) is 2.01. The van der Waals surface area contributed by atoms with Crippen molar-refractivity contribution in [3.05, 3.63) is 40.4 Å². The first-order valence-electron chi connectivity index (χ1n) is 4.25. The Balaban J connectivity index is 2.95. The SMILES string of the molecule is O=C(O)c1c(Br)c(O)cc2ccccc12. The summed E-state index contributed by atoms with van der Waals surface area (Å²) >= 11 is 3.07. The number of hydrogen-bond donors (Lipinski definition) is 2. The van der Waals surface area contributed by atoms with Gasteiger partial charge in [-0.25, -0.2) is 4.79 Å². The summed E-state index contributed by atoms with van der Waals surface area (Å²) in [4.78, 5) is 11.0. The number of phenolic OH excluding ortho intramolecular Hbond substituents is 1. The number of carbonyl (C=O) groups is 1. The van der Waals surface area contributed by atoms with Crippen molar-refractivity contribution >= 4 is 32.7 Å². The van der Waals surface area contributed by atoms with Crippen LogP contribution in [0.3, 0.4) is 0 Å². The maximum atomic E-state index is 11.0. The summed E-state index contributed by atoms with van der Waals surface area (Å²) in [7, 11) is 0. The third-order valence-electron chi connectivity index (χ3n) is 2.18. The number of aromatic carboxylic acids is 1. The summed E-state index contributed by atoms with van der Waals surface area (Å²) in [6.07, 6.45) is 0. The third-order valence-corrected chi connectivity index (χ3v) is 2.98. The predicted molar refractivity (Wildman–Crippen MR) is 60.3 cm³/mol. The van der Waals surface area contributed by atoms with Gasteiger partial charge in [0.1, 0.15) is 5.75 Å². The van der Waals surface area contributed by atoms with E-state index in [9.17, 15) is 9.90 Å². The molecule has 2 rings (SSSR count). The predicted octanol–water partition coefficient (Wildman–Crippen LogP) is 3.01. The molecule has 0 radical (unpaired) electrons. The minimum absolute atomic E-state index is 0.0638. The molecule has 0 aromatic heterocycles. The molecule has 15 heavy (non-hydrogen) atoms. The second-order valence-corrected chi connectivity index (χ2v) is 3.90. The van der Waals surface area contributed by atoms with Crippen LogP contribution in [0.1, 0.15) is 10.4 Å². The lowest BCUT2D eigenvalue weighted by Gasteiger charge is -2.06. The zero-order chi connectivity index (χ0) is 11.0. The molecule has 0 atom stereocenters. The van der Waals surface area contributed by atoms with Crippen molar-refractivity contribution < 1.29 is 15.0 Å². The maximum Gasteiger partial charge on any atom is 0.337 e. The van der Waals surface area contributed by atoms with Gasteiger partial charge in [-0.2, -0.15) is 0 Å². The largest absolute Gasteiger partial charge is 0.507 e. The van der Waals surface area contributed by atoms with Crippen molar-refractivity contribution in [3.8, 4) is 5.75 Å². The van der Waals surface area contributed by atoms with Gasteiger partial charge in [0.25, 0.3) is 0 Å². The summed E-state index contributed by atoms with van der Waals surface area (Å²) in [6.45, 7) is 0. The van der Waals surface area contributed by atoms with E-state index in [1.54, 1.807) is 24.3 Å². The van der Waals surface area contributed by atoms with E-state index < -0.39 is 5.97 Å². The Morgan fingerprint density at radius 3 is 2.60 bits per heavy atom. The van der Waals surface area contributed by atoms with Gasteiger partial charge in [0, 0.05) is 0 Å². The average Bonchev–Trinajstić information content (AvgIpc) is 2.19. The zero-order valence-corrected chi connectivity index (χ0v) is 9.15. The van der Waals surface area contributed by atoms with Gasteiger partial charge < -0.3 is 10.2 Å². The lowest BCUT2D eigenvalue weighted by molar-refractivity contribution is 0.0697. The summed E-state index contributed by atoms with van der Waals surface area (Å²) in [5.41, 5.74) is 0.0885. The molecule has 0 saturated carbocycles. The molecular weight excluding hydrogens is 260 g/mol. The number of phenols is 1. The molecule has 76 valence electrons. The summed E-state index contributed by atoms with van der Waals surface area (Å²) in [5, 5.41) is 19.9. The summed E-state index contributed by atoms with van der Waals surface area (Å²) in [6, 6.07) is 8.56. The van der Waals surface area contributed by atoms with Crippen molar-refractivity contribution in [2.24, 2.45) is 0 Å². The van der Waals surface area contributed by atoms with Crippen molar-refractivity contribution in [2.45, 2.75) is 0 Å². The first-order chi connectivity index (χ1) is 7.11. The number of fused-ring (bicyclic) bond motifs is 1. The summed E-state index contributed by atoms with van der Waals surface area (Å²) < 4.78 is 0.216. The van der Waals surface area contributed by atoms with E-state index in [1.165, 1.54) is 6.07 Å². The topological polar surface area (TPSA) is 57.5 Å². The van der Waals surface area contributed by atoms with E-state index in [0.29, 0.717) is 10.8 Å². The van der Waals surface area contributed by atoms with Gasteiger partial charge in [-0.05, 0) is 32.8 Å². The van der Waals surface area contributed by atoms with Crippen LogP contribution in [-0.4, -0.2) is 16.2 Å². The Morgan fingerprint density at radius 1 is 1.27 bits per heavy atom. The highest BCUT2D eigenvalue weighted by Crippen LogP contribution is 2.34. The maximum absolute atomic E-state index is 11.0. The van der Waals surface area contributed by atoms with Crippen molar-refractivity contribution in [1.82, 2.24) is 0 Å². The number of carboxylic acid groups (broad SMARTS) is 1. The molecule has 0 aliphatic carbocycles. The highest BCUT2D eigenvalue weighted by molar-refractivity contribution is 9.10. The zero-order valence-electron chi connectivity index (χ0n) is 7.57. The molecule has 2 N–H and O–H groups in total. The summed E-state index contributed by atoms with van der Waals surface area (Å²) in [5.74, 6) is -1.12. The van der Waals surface area contributed by atoms with Gasteiger partial charge in [0.2, 0.25) is 0 Å². The molecule has 0 saturated heterocycles. The Bertz CT molecular complexity index is 549. The van der Waals surface area contributed by atoms with Crippen molar-refractivity contribution in [2.75, 3.05) is 0 Å². The molecule has 2 aromatic rings. The monoisotopic (exact) mass is 266 g/mol. The van der Waals surface area contributed by atoms with Crippen LogP contribution in [0, 0.1) is 0 Å². The minimum atomic E-state index is -1.06. The molecule has 0 spiro atoms. The second kappa shape index (κ2) is 3.55. The van der Waals surface area contributed by atoms with Crippen LogP contribution >= 0.6 is 15.9 Å². The molecule has 0 amide bonds. The van der Waals surface area contributed by atoms with Crippen LogP contribution in [-0.2, 0) is 0 Å². The quantitative estimate of drug-likeness (QED) is 0.834.